The molecule has 8 nitrogen and oxygen atoms in total. The van der Waals surface area contributed by atoms with Crippen LogP contribution in [0.2, 0.25) is 0 Å². The fourth-order valence-electron chi connectivity index (χ4n) is 3.82. The van der Waals surface area contributed by atoms with E-state index in [2.05, 4.69) is 24.7 Å². The molecule has 0 spiro atoms. The molecule has 0 saturated carbocycles. The first kappa shape index (κ1) is 26.8. The maximum Gasteiger partial charge on any atom is 0.269 e. The number of carbonyl (C=O) groups is 3. The van der Waals surface area contributed by atoms with Gasteiger partial charge in [-0.1, -0.05) is 44.2 Å². The predicted octanol–water partition coefficient (Wildman–Crippen LogP) is 3.83. The third-order valence-electron chi connectivity index (χ3n) is 6.07. The Morgan fingerprint density at radius 3 is 2.42 bits per heavy atom. The molecule has 1 aliphatic heterocycles. The van der Waals surface area contributed by atoms with Crippen molar-refractivity contribution in [3.63, 3.8) is 0 Å². The molecule has 192 valence electrons. The zero-order valence-corrected chi connectivity index (χ0v) is 21.2. The smallest absolute Gasteiger partial charge is 0.269 e. The van der Waals surface area contributed by atoms with Crippen molar-refractivity contribution in [3.05, 3.63) is 65.7 Å². The van der Waals surface area contributed by atoms with Gasteiger partial charge in [0.05, 0.1) is 13.7 Å². The van der Waals surface area contributed by atoms with E-state index in [-0.39, 0.29) is 17.7 Å². The van der Waals surface area contributed by atoms with E-state index >= 15 is 0 Å². The van der Waals surface area contributed by atoms with Gasteiger partial charge in [0.25, 0.3) is 5.91 Å². The number of hydrogen-bond acceptors (Lipinski definition) is 5. The van der Waals surface area contributed by atoms with E-state index in [0.717, 1.165) is 12.0 Å². The second-order valence-corrected chi connectivity index (χ2v) is 9.18. The van der Waals surface area contributed by atoms with E-state index in [1.807, 2.05) is 30.3 Å². The highest BCUT2D eigenvalue weighted by molar-refractivity contribution is 5.96. The lowest BCUT2D eigenvalue weighted by atomic mass is 9.96. The molecule has 8 heteroatoms. The number of likely N-dealkylation sites (tertiary alicyclic amines) is 1. The van der Waals surface area contributed by atoms with Crippen molar-refractivity contribution < 1.29 is 23.9 Å². The summed E-state index contributed by atoms with van der Waals surface area (Å²) in [5.74, 6) is 0.476. The molecular weight excluding hydrogens is 458 g/mol. The van der Waals surface area contributed by atoms with Gasteiger partial charge in [-0.15, -0.1) is 0 Å². The highest BCUT2D eigenvalue weighted by Gasteiger charge is 2.27. The van der Waals surface area contributed by atoms with Crippen molar-refractivity contribution in [3.8, 4) is 11.5 Å². The fourth-order valence-corrected chi connectivity index (χ4v) is 3.82. The van der Waals surface area contributed by atoms with Crippen molar-refractivity contribution in [1.82, 2.24) is 15.8 Å². The van der Waals surface area contributed by atoms with Gasteiger partial charge >= 0.3 is 0 Å². The van der Waals surface area contributed by atoms with Crippen LogP contribution in [0.25, 0.3) is 6.08 Å². The predicted molar refractivity (Wildman–Crippen MR) is 138 cm³/mol. The molecule has 0 atom stereocenters. The van der Waals surface area contributed by atoms with Crippen LogP contribution < -0.4 is 20.3 Å². The van der Waals surface area contributed by atoms with Crippen LogP contribution in [-0.2, 0) is 9.59 Å². The van der Waals surface area contributed by atoms with Crippen LogP contribution in [0.5, 0.6) is 11.5 Å². The summed E-state index contributed by atoms with van der Waals surface area (Å²) in [5.41, 5.74) is 6.28. The Kier molecular flexibility index (Phi) is 9.92. The average Bonchev–Trinajstić information content (AvgIpc) is 2.90. The number of hydrogen-bond donors (Lipinski definition) is 2. The van der Waals surface area contributed by atoms with Crippen LogP contribution in [0.3, 0.4) is 0 Å². The Bertz CT molecular complexity index is 1060. The van der Waals surface area contributed by atoms with Gasteiger partial charge in [-0.2, -0.15) is 0 Å². The van der Waals surface area contributed by atoms with Crippen LogP contribution in [0.15, 0.2) is 54.6 Å². The Hall–Kier alpha value is -3.81. The summed E-state index contributed by atoms with van der Waals surface area (Å²) in [6, 6.07) is 14.5. The number of amides is 3. The number of carbonyl (C=O) groups excluding carboxylic acids is 3. The van der Waals surface area contributed by atoms with E-state index in [9.17, 15) is 14.4 Å². The third kappa shape index (κ3) is 7.86. The second-order valence-electron chi connectivity index (χ2n) is 9.18. The fraction of sp³-hybridized carbons (Fsp3) is 0.393. The summed E-state index contributed by atoms with van der Waals surface area (Å²) in [6.07, 6.45) is 5.32. The number of hydrazine groups is 1. The van der Waals surface area contributed by atoms with E-state index in [0.29, 0.717) is 55.5 Å². The maximum atomic E-state index is 12.6. The van der Waals surface area contributed by atoms with Crippen LogP contribution in [0, 0.1) is 11.8 Å². The molecule has 2 aromatic rings. The van der Waals surface area contributed by atoms with Crippen LogP contribution in [-0.4, -0.2) is 49.4 Å². The summed E-state index contributed by atoms with van der Waals surface area (Å²) in [5, 5.41) is 0. The molecule has 1 heterocycles. The standard InChI is InChI=1S/C28H35N3O5/c1-20(2)15-18-36-24-11-10-23(19-25(24)35-3)28(34)30-29-27(33)22-13-16-31(17-14-22)26(32)12-9-21-7-5-4-6-8-21/h4-12,19-20,22H,13-18H2,1-3H3,(H,29,33)(H,30,34)/b12-9+. The topological polar surface area (TPSA) is 97.0 Å². The normalized spacial score (nSPS) is 14.1. The summed E-state index contributed by atoms with van der Waals surface area (Å²) in [4.78, 5) is 39.3. The monoisotopic (exact) mass is 493 g/mol. The quantitative estimate of drug-likeness (QED) is 0.409. The highest BCUT2D eigenvalue weighted by atomic mass is 16.5. The van der Waals surface area contributed by atoms with Gasteiger partial charge < -0.3 is 14.4 Å². The molecule has 0 aromatic heterocycles. The highest BCUT2D eigenvalue weighted by Crippen LogP contribution is 2.28. The molecule has 3 rings (SSSR count). The lowest BCUT2D eigenvalue weighted by Gasteiger charge is -2.30. The van der Waals surface area contributed by atoms with Crippen molar-refractivity contribution in [2.75, 3.05) is 26.8 Å². The summed E-state index contributed by atoms with van der Waals surface area (Å²) >= 11 is 0. The van der Waals surface area contributed by atoms with Crippen LogP contribution >= 0.6 is 0 Å². The zero-order chi connectivity index (χ0) is 25.9. The molecule has 1 aliphatic rings. The number of methoxy groups -OCH3 is 1. The van der Waals surface area contributed by atoms with Gasteiger partial charge in [-0.05, 0) is 55.0 Å². The van der Waals surface area contributed by atoms with Gasteiger partial charge in [-0.25, -0.2) is 0 Å². The summed E-state index contributed by atoms with van der Waals surface area (Å²) in [7, 11) is 1.52. The van der Waals surface area contributed by atoms with Gasteiger partial charge in [0.15, 0.2) is 11.5 Å². The third-order valence-corrected chi connectivity index (χ3v) is 6.07. The maximum absolute atomic E-state index is 12.6. The SMILES string of the molecule is COc1cc(C(=O)NNC(=O)C2CCN(C(=O)/C=C/c3ccccc3)CC2)ccc1OCCC(C)C. The Labute approximate surface area is 212 Å². The molecule has 0 aliphatic carbocycles. The number of ether oxygens (including phenoxy) is 2. The Balaban J connectivity index is 1.44. The number of nitrogens with one attached hydrogen (secondary N) is 2. The molecule has 2 N–H and O–H groups in total. The summed E-state index contributed by atoms with van der Waals surface area (Å²) in [6.45, 7) is 5.77. The Morgan fingerprint density at radius 1 is 1.03 bits per heavy atom. The first-order chi connectivity index (χ1) is 17.4. The number of piperidine rings is 1. The van der Waals surface area contributed by atoms with Crippen molar-refractivity contribution >= 4 is 23.8 Å². The van der Waals surface area contributed by atoms with E-state index in [4.69, 9.17) is 9.47 Å². The van der Waals surface area contributed by atoms with Gasteiger partial charge in [0, 0.05) is 30.6 Å². The second kappa shape index (κ2) is 13.3. The van der Waals surface area contributed by atoms with Gasteiger partial charge in [0.1, 0.15) is 0 Å². The van der Waals surface area contributed by atoms with Crippen molar-refractivity contribution in [2.45, 2.75) is 33.1 Å². The minimum absolute atomic E-state index is 0.0726. The van der Waals surface area contributed by atoms with E-state index < -0.39 is 5.91 Å². The first-order valence-corrected chi connectivity index (χ1v) is 12.3. The largest absolute Gasteiger partial charge is 0.493 e. The van der Waals surface area contributed by atoms with Gasteiger partial charge in [0.2, 0.25) is 11.8 Å². The minimum atomic E-state index is -0.450. The van der Waals surface area contributed by atoms with Crippen LogP contribution in [0.4, 0.5) is 0 Å². The molecule has 1 fully saturated rings. The number of nitrogens with zero attached hydrogens (tertiary/aromatic N) is 1. The van der Waals surface area contributed by atoms with E-state index in [1.165, 1.54) is 7.11 Å². The molecule has 1 saturated heterocycles. The van der Waals surface area contributed by atoms with Gasteiger partial charge in [-0.3, -0.25) is 25.2 Å². The number of rotatable bonds is 9. The number of benzene rings is 2. The molecule has 3 amide bonds. The lowest BCUT2D eigenvalue weighted by molar-refractivity contribution is -0.132. The molecule has 0 unspecified atom stereocenters. The van der Waals surface area contributed by atoms with Crippen molar-refractivity contribution in [1.29, 1.82) is 0 Å². The van der Waals surface area contributed by atoms with E-state index in [1.54, 1.807) is 35.3 Å². The zero-order valence-electron chi connectivity index (χ0n) is 21.2. The molecule has 2 aromatic carbocycles. The minimum Gasteiger partial charge on any atom is -0.493 e. The molecule has 36 heavy (non-hydrogen) atoms. The first-order valence-electron chi connectivity index (χ1n) is 12.3. The van der Waals surface area contributed by atoms with Crippen molar-refractivity contribution in [2.24, 2.45) is 11.8 Å². The lowest BCUT2D eigenvalue weighted by Crippen LogP contribution is -2.48. The Morgan fingerprint density at radius 2 is 1.75 bits per heavy atom. The summed E-state index contributed by atoms with van der Waals surface area (Å²) < 4.78 is 11.1. The molecule has 0 bridgehead atoms. The average molecular weight is 494 g/mol. The molecular formula is C28H35N3O5. The molecule has 0 radical (unpaired) electrons. The van der Waals surface area contributed by atoms with Crippen LogP contribution in [0.1, 0.15) is 49.0 Å².